The molecule has 0 unspecified atom stereocenters. The third-order valence-electron chi connectivity index (χ3n) is 7.80. The van der Waals surface area contributed by atoms with Crippen LogP contribution in [0, 0.1) is 17.2 Å². The quantitative estimate of drug-likeness (QED) is 0.224. The molecule has 2 aromatic carbocycles. The number of H-pyrrole nitrogens is 1. The van der Waals surface area contributed by atoms with Crippen LogP contribution in [-0.2, 0) is 10.2 Å². The van der Waals surface area contributed by atoms with Crippen LogP contribution in [0.4, 0.5) is 3.89 Å². The molecule has 1 aliphatic rings. The molecule has 1 N–H and O–H groups in total. The van der Waals surface area contributed by atoms with Gasteiger partial charge in [-0.3, -0.25) is 9.78 Å². The SMILES string of the molecule is CC(C)COc1cc2c(=O)c3c4ccc(C#N)cc4[nH]c3n(C3CCCCC3)c2cc1-c1cncc(S(=O)(=O)F)c1. The van der Waals surface area contributed by atoms with Gasteiger partial charge in [-0.25, -0.2) is 0 Å². The molecular weight excluding hydrogens is 543 g/mol. The maximum absolute atomic E-state index is 14.2. The molecule has 0 amide bonds. The van der Waals surface area contributed by atoms with Gasteiger partial charge in [-0.2, -0.15) is 13.7 Å². The molecule has 6 rings (SSSR count). The zero-order valence-corrected chi connectivity index (χ0v) is 23.6. The zero-order chi connectivity index (χ0) is 28.9. The highest BCUT2D eigenvalue weighted by Crippen LogP contribution is 2.40. The Hall–Kier alpha value is -4.23. The van der Waals surface area contributed by atoms with E-state index in [2.05, 4.69) is 20.6 Å². The fourth-order valence-electron chi connectivity index (χ4n) is 5.89. The number of halogens is 1. The lowest BCUT2D eigenvalue weighted by Crippen LogP contribution is -2.18. The van der Waals surface area contributed by atoms with Crippen LogP contribution in [0.1, 0.15) is 57.6 Å². The van der Waals surface area contributed by atoms with E-state index in [0.29, 0.717) is 56.5 Å². The van der Waals surface area contributed by atoms with Crippen molar-refractivity contribution < 1.29 is 17.0 Å². The smallest absolute Gasteiger partial charge is 0.333 e. The van der Waals surface area contributed by atoms with Gasteiger partial charge >= 0.3 is 10.2 Å². The normalized spacial score (nSPS) is 14.7. The van der Waals surface area contributed by atoms with E-state index in [0.717, 1.165) is 43.7 Å². The van der Waals surface area contributed by atoms with Crippen molar-refractivity contribution >= 4 is 43.1 Å². The molecule has 3 aromatic heterocycles. The van der Waals surface area contributed by atoms with E-state index in [1.165, 1.54) is 12.3 Å². The van der Waals surface area contributed by atoms with Crippen molar-refractivity contribution in [3.05, 3.63) is 64.6 Å². The molecule has 3 heterocycles. The fourth-order valence-corrected chi connectivity index (χ4v) is 6.34. The Kier molecular flexibility index (Phi) is 6.78. The van der Waals surface area contributed by atoms with Crippen LogP contribution >= 0.6 is 0 Å². The van der Waals surface area contributed by atoms with Gasteiger partial charge in [-0.15, -0.1) is 3.89 Å². The Morgan fingerprint density at radius 1 is 1.12 bits per heavy atom. The number of benzene rings is 2. The summed E-state index contributed by atoms with van der Waals surface area (Å²) in [6.07, 6.45) is 7.56. The number of rotatable bonds is 6. The first-order valence-electron chi connectivity index (χ1n) is 13.8. The Labute approximate surface area is 236 Å². The van der Waals surface area contributed by atoms with Crippen LogP contribution in [0.15, 0.2) is 58.5 Å². The summed E-state index contributed by atoms with van der Waals surface area (Å²) in [5, 5.41) is 11.2. The average molecular weight is 573 g/mol. The van der Waals surface area contributed by atoms with Gasteiger partial charge in [0.25, 0.3) is 0 Å². The molecule has 0 bridgehead atoms. The summed E-state index contributed by atoms with van der Waals surface area (Å²) in [6, 6.07) is 12.3. The Morgan fingerprint density at radius 2 is 1.90 bits per heavy atom. The van der Waals surface area contributed by atoms with Gasteiger partial charge in [0.1, 0.15) is 16.3 Å². The van der Waals surface area contributed by atoms with Crippen molar-refractivity contribution in [3.8, 4) is 22.9 Å². The van der Waals surface area contributed by atoms with Gasteiger partial charge in [-0.1, -0.05) is 39.2 Å². The molecule has 0 aliphatic heterocycles. The van der Waals surface area contributed by atoms with Crippen molar-refractivity contribution in [1.29, 1.82) is 5.26 Å². The van der Waals surface area contributed by atoms with E-state index in [1.54, 1.807) is 18.2 Å². The number of nitrogens with one attached hydrogen (secondary N) is 1. The topological polar surface area (TPSA) is 118 Å². The molecule has 0 atom stereocenters. The van der Waals surface area contributed by atoms with Crippen LogP contribution in [0.2, 0.25) is 0 Å². The van der Waals surface area contributed by atoms with E-state index in [4.69, 9.17) is 4.74 Å². The first-order valence-corrected chi connectivity index (χ1v) is 15.1. The second kappa shape index (κ2) is 10.3. The minimum atomic E-state index is -4.98. The van der Waals surface area contributed by atoms with E-state index in [1.807, 2.05) is 26.0 Å². The molecule has 8 nitrogen and oxygen atoms in total. The second-order valence-electron chi connectivity index (χ2n) is 11.1. The van der Waals surface area contributed by atoms with E-state index >= 15 is 0 Å². The van der Waals surface area contributed by atoms with E-state index in [-0.39, 0.29) is 17.4 Å². The Bertz CT molecular complexity index is 2030. The molecule has 210 valence electrons. The van der Waals surface area contributed by atoms with E-state index < -0.39 is 15.1 Å². The lowest BCUT2D eigenvalue weighted by molar-refractivity contribution is 0.272. The first-order chi connectivity index (χ1) is 19.7. The largest absolute Gasteiger partial charge is 0.493 e. The average Bonchev–Trinajstić information content (AvgIpc) is 3.34. The number of nitrogens with zero attached hydrogens (tertiary/aromatic N) is 3. The molecule has 1 saturated carbocycles. The highest BCUT2D eigenvalue weighted by Gasteiger charge is 2.25. The van der Waals surface area contributed by atoms with Crippen molar-refractivity contribution in [2.75, 3.05) is 6.61 Å². The van der Waals surface area contributed by atoms with Gasteiger partial charge in [0, 0.05) is 40.5 Å². The molecule has 0 radical (unpaired) electrons. The maximum Gasteiger partial charge on any atom is 0.333 e. The number of aromatic nitrogens is 3. The molecule has 41 heavy (non-hydrogen) atoms. The highest BCUT2D eigenvalue weighted by molar-refractivity contribution is 7.86. The number of pyridine rings is 2. The summed E-state index contributed by atoms with van der Waals surface area (Å²) >= 11 is 0. The van der Waals surface area contributed by atoms with Crippen molar-refractivity contribution in [2.45, 2.75) is 56.9 Å². The summed E-state index contributed by atoms with van der Waals surface area (Å²) in [7, 11) is -4.98. The van der Waals surface area contributed by atoms with E-state index in [9.17, 15) is 22.4 Å². The molecule has 1 aliphatic carbocycles. The third-order valence-corrected chi connectivity index (χ3v) is 8.58. The van der Waals surface area contributed by atoms with Crippen molar-refractivity contribution in [1.82, 2.24) is 14.5 Å². The lowest BCUT2D eigenvalue weighted by Gasteiger charge is -2.28. The summed E-state index contributed by atoms with van der Waals surface area (Å²) in [6.45, 7) is 4.36. The van der Waals surface area contributed by atoms with Gasteiger partial charge in [0.05, 0.1) is 34.5 Å². The summed E-state index contributed by atoms with van der Waals surface area (Å²) in [4.78, 5) is 21.1. The second-order valence-corrected chi connectivity index (χ2v) is 12.5. The summed E-state index contributed by atoms with van der Waals surface area (Å²) in [5.41, 5.74) is 3.26. The highest BCUT2D eigenvalue weighted by atomic mass is 32.3. The van der Waals surface area contributed by atoms with Gasteiger partial charge in [0.15, 0.2) is 5.43 Å². The molecule has 1 fully saturated rings. The van der Waals surface area contributed by atoms with Crippen LogP contribution in [-0.4, -0.2) is 29.6 Å². The minimum Gasteiger partial charge on any atom is -0.493 e. The van der Waals surface area contributed by atoms with Gasteiger partial charge < -0.3 is 14.3 Å². The lowest BCUT2D eigenvalue weighted by atomic mass is 9.94. The maximum atomic E-state index is 14.2. The number of hydrogen-bond acceptors (Lipinski definition) is 6. The number of nitriles is 1. The number of fused-ring (bicyclic) bond motifs is 4. The molecule has 5 aromatic rings. The molecular formula is C31H29FN4O4S. The molecule has 10 heteroatoms. The fraction of sp³-hybridized carbons (Fsp3) is 0.323. The van der Waals surface area contributed by atoms with Crippen LogP contribution in [0.25, 0.3) is 44.0 Å². The predicted molar refractivity (Wildman–Crippen MR) is 156 cm³/mol. The van der Waals surface area contributed by atoms with Crippen LogP contribution in [0.5, 0.6) is 5.75 Å². The third kappa shape index (κ3) is 4.84. The Morgan fingerprint density at radius 3 is 2.61 bits per heavy atom. The molecule has 0 saturated heterocycles. The van der Waals surface area contributed by atoms with Crippen molar-refractivity contribution in [2.24, 2.45) is 5.92 Å². The number of ether oxygens (including phenoxy) is 1. The summed E-state index contributed by atoms with van der Waals surface area (Å²) in [5.74, 6) is 0.568. The Balaban J connectivity index is 1.73. The minimum absolute atomic E-state index is 0.115. The van der Waals surface area contributed by atoms with Gasteiger partial charge in [-0.05, 0) is 49.1 Å². The standard InChI is InChI=1S/C31H29FN4O4S/c1-18(2)17-40-28-13-25-27(12-24(28)20-11-22(16-34-15-20)41(32,38)39)36(21-6-4-3-5-7-21)31-29(30(25)37)23-9-8-19(14-33)10-26(23)35-31/h8-13,15-16,18,21,35H,3-7,17H2,1-2H3. The van der Waals surface area contributed by atoms with Crippen LogP contribution < -0.4 is 10.2 Å². The van der Waals surface area contributed by atoms with Crippen LogP contribution in [0.3, 0.4) is 0 Å². The number of hydrogen-bond donors (Lipinski definition) is 1. The number of aromatic amines is 1. The monoisotopic (exact) mass is 572 g/mol. The molecule has 0 spiro atoms. The summed E-state index contributed by atoms with van der Waals surface area (Å²) < 4.78 is 45.7. The first kappa shape index (κ1) is 27.0. The predicted octanol–water partition coefficient (Wildman–Crippen LogP) is 6.77. The zero-order valence-electron chi connectivity index (χ0n) is 22.8. The van der Waals surface area contributed by atoms with Crippen molar-refractivity contribution in [3.63, 3.8) is 0 Å². The van der Waals surface area contributed by atoms with Gasteiger partial charge in [0.2, 0.25) is 0 Å².